The maximum Gasteiger partial charge on any atom is 0.336 e. The fourth-order valence-electron chi connectivity index (χ4n) is 3.29. The molecule has 0 aromatic heterocycles. The number of allylic oxidation sites excluding steroid dienone is 1. The van der Waals surface area contributed by atoms with Crippen LogP contribution in [0.5, 0.6) is 0 Å². The van der Waals surface area contributed by atoms with Crippen LogP contribution < -0.4 is 5.32 Å². The number of ether oxygens (including phenoxy) is 3. The Morgan fingerprint density at radius 3 is 2.00 bits per heavy atom. The summed E-state index contributed by atoms with van der Waals surface area (Å²) in [6.45, 7) is 9.93. The molecular formula is C21H32N2O7. The van der Waals surface area contributed by atoms with Crippen molar-refractivity contribution in [2.24, 2.45) is 16.8 Å². The topological polar surface area (TPSA) is 120 Å². The fraction of sp³-hybridized carbons (Fsp3) is 0.667. The van der Waals surface area contributed by atoms with Gasteiger partial charge < -0.3 is 19.5 Å². The molecule has 1 unspecified atom stereocenters. The van der Waals surface area contributed by atoms with Crippen LogP contribution in [0.1, 0.15) is 54.4 Å². The first-order valence-corrected chi connectivity index (χ1v) is 10.3. The number of nitrogens with one attached hydrogen (secondary N) is 1. The maximum absolute atomic E-state index is 12.9. The lowest BCUT2D eigenvalue weighted by molar-refractivity contribution is -0.159. The van der Waals surface area contributed by atoms with E-state index in [1.165, 1.54) is 0 Å². The second-order valence-corrected chi connectivity index (χ2v) is 6.87. The Labute approximate surface area is 177 Å². The number of aliphatic imine (C=N–C) groups is 1. The summed E-state index contributed by atoms with van der Waals surface area (Å²) in [5.41, 5.74) is 0.517. The number of rotatable bonds is 10. The number of carbonyl (C=O) groups excluding carboxylic acids is 4. The molecule has 1 aliphatic heterocycles. The van der Waals surface area contributed by atoms with Gasteiger partial charge in [-0.3, -0.25) is 19.4 Å². The molecule has 30 heavy (non-hydrogen) atoms. The average molecular weight is 424 g/mol. The molecule has 9 heteroatoms. The minimum Gasteiger partial charge on any atom is -0.465 e. The predicted octanol–water partition coefficient (Wildman–Crippen LogP) is 1.94. The molecule has 1 N–H and O–H groups in total. The summed E-state index contributed by atoms with van der Waals surface area (Å²) in [6, 6.07) is -0.0234. The quantitative estimate of drug-likeness (QED) is 0.420. The number of carbonyl (C=O) groups is 4. The van der Waals surface area contributed by atoms with E-state index in [1.807, 2.05) is 13.8 Å². The van der Waals surface area contributed by atoms with Crippen molar-refractivity contribution >= 4 is 29.5 Å². The molecule has 1 heterocycles. The lowest BCUT2D eigenvalue weighted by atomic mass is 9.79. The summed E-state index contributed by atoms with van der Waals surface area (Å²) < 4.78 is 15.3. The SMILES string of the molecule is CCOC(=O)C1=C(C)N=C(C)C(C(=O)OCC)[C@@H]1C(=O)OCC(=O)NC(CC)CC. The number of amides is 1. The molecule has 0 bridgehead atoms. The summed E-state index contributed by atoms with van der Waals surface area (Å²) in [7, 11) is 0. The van der Waals surface area contributed by atoms with E-state index in [9.17, 15) is 19.2 Å². The van der Waals surface area contributed by atoms with Gasteiger partial charge in [-0.1, -0.05) is 13.8 Å². The molecule has 0 radical (unpaired) electrons. The van der Waals surface area contributed by atoms with Crippen LogP contribution in [0.15, 0.2) is 16.3 Å². The molecule has 0 aliphatic carbocycles. The van der Waals surface area contributed by atoms with Gasteiger partial charge >= 0.3 is 17.9 Å². The second-order valence-electron chi connectivity index (χ2n) is 6.87. The predicted molar refractivity (Wildman–Crippen MR) is 110 cm³/mol. The Morgan fingerprint density at radius 2 is 1.47 bits per heavy atom. The van der Waals surface area contributed by atoms with Gasteiger partial charge in [-0.25, -0.2) is 4.79 Å². The third-order valence-corrected chi connectivity index (χ3v) is 4.81. The lowest BCUT2D eigenvalue weighted by Crippen LogP contribution is -2.44. The molecular weight excluding hydrogens is 392 g/mol. The third-order valence-electron chi connectivity index (χ3n) is 4.81. The Kier molecular flexibility index (Phi) is 10.2. The Morgan fingerprint density at radius 1 is 0.900 bits per heavy atom. The van der Waals surface area contributed by atoms with E-state index in [2.05, 4.69) is 10.3 Å². The highest BCUT2D eigenvalue weighted by atomic mass is 16.5. The number of hydrogen-bond acceptors (Lipinski definition) is 8. The van der Waals surface area contributed by atoms with E-state index in [1.54, 1.807) is 27.7 Å². The molecule has 9 nitrogen and oxygen atoms in total. The molecule has 168 valence electrons. The van der Waals surface area contributed by atoms with Crippen molar-refractivity contribution in [1.82, 2.24) is 5.32 Å². The molecule has 2 atom stereocenters. The molecule has 0 aromatic carbocycles. The van der Waals surface area contributed by atoms with Crippen LogP contribution in [-0.4, -0.2) is 55.4 Å². The number of hydrogen-bond donors (Lipinski definition) is 1. The largest absolute Gasteiger partial charge is 0.465 e. The smallest absolute Gasteiger partial charge is 0.336 e. The van der Waals surface area contributed by atoms with E-state index in [-0.39, 0.29) is 30.5 Å². The van der Waals surface area contributed by atoms with E-state index in [0.29, 0.717) is 5.71 Å². The molecule has 0 spiro atoms. The highest BCUT2D eigenvalue weighted by Gasteiger charge is 2.46. The first kappa shape index (κ1) is 25.3. The summed E-state index contributed by atoms with van der Waals surface area (Å²) in [5.74, 6) is -5.24. The van der Waals surface area contributed by atoms with Crippen molar-refractivity contribution in [3.05, 3.63) is 11.3 Å². The van der Waals surface area contributed by atoms with Gasteiger partial charge in [0.05, 0.1) is 18.8 Å². The zero-order valence-electron chi connectivity index (χ0n) is 18.6. The Balaban J connectivity index is 3.15. The van der Waals surface area contributed by atoms with Gasteiger partial charge in [0.2, 0.25) is 0 Å². The average Bonchev–Trinajstić information content (AvgIpc) is 2.69. The molecule has 1 rings (SSSR count). The Hall–Kier alpha value is -2.71. The number of nitrogens with zero attached hydrogens (tertiary/aromatic N) is 1. The van der Waals surface area contributed by atoms with E-state index >= 15 is 0 Å². The van der Waals surface area contributed by atoms with Crippen LogP contribution in [0.4, 0.5) is 0 Å². The molecule has 1 aliphatic rings. The molecule has 0 fully saturated rings. The summed E-state index contributed by atoms with van der Waals surface area (Å²) in [4.78, 5) is 54.4. The standard InChI is InChI=1S/C21H32N2O7/c1-7-14(8-2)23-15(24)11-30-21(27)18-16(19(25)28-9-3)12(5)22-13(6)17(18)20(26)29-10-4/h14,16,18H,7-11H2,1-6H3,(H,23,24)/t16?,18-/m0/s1. The van der Waals surface area contributed by atoms with E-state index in [4.69, 9.17) is 14.2 Å². The zero-order valence-corrected chi connectivity index (χ0v) is 18.6. The second kappa shape index (κ2) is 12.1. The van der Waals surface area contributed by atoms with Crippen LogP contribution in [0.2, 0.25) is 0 Å². The summed E-state index contributed by atoms with van der Waals surface area (Å²) in [5, 5.41) is 2.77. The van der Waals surface area contributed by atoms with Gasteiger partial charge in [0.15, 0.2) is 6.61 Å². The van der Waals surface area contributed by atoms with Gasteiger partial charge in [-0.05, 0) is 40.5 Å². The molecule has 0 saturated carbocycles. The van der Waals surface area contributed by atoms with Gasteiger partial charge in [0.25, 0.3) is 5.91 Å². The van der Waals surface area contributed by atoms with Crippen LogP contribution in [0.3, 0.4) is 0 Å². The first-order chi connectivity index (χ1) is 14.2. The van der Waals surface area contributed by atoms with Crippen LogP contribution in [0, 0.1) is 11.8 Å². The molecule has 0 aromatic rings. The summed E-state index contributed by atoms with van der Waals surface area (Å²) in [6.07, 6.45) is 1.49. The Bertz CT molecular complexity index is 723. The van der Waals surface area contributed by atoms with Crippen LogP contribution >= 0.6 is 0 Å². The zero-order chi connectivity index (χ0) is 22.8. The fourth-order valence-corrected chi connectivity index (χ4v) is 3.29. The van der Waals surface area contributed by atoms with Gasteiger partial charge in [-0.15, -0.1) is 0 Å². The van der Waals surface area contributed by atoms with E-state index < -0.39 is 42.3 Å². The summed E-state index contributed by atoms with van der Waals surface area (Å²) >= 11 is 0. The van der Waals surface area contributed by atoms with Gasteiger partial charge in [0.1, 0.15) is 11.8 Å². The lowest BCUT2D eigenvalue weighted by Gasteiger charge is -2.29. The monoisotopic (exact) mass is 424 g/mol. The van der Waals surface area contributed by atoms with E-state index in [0.717, 1.165) is 12.8 Å². The maximum atomic E-state index is 12.9. The molecule has 1 amide bonds. The van der Waals surface area contributed by atoms with Crippen molar-refractivity contribution in [3.63, 3.8) is 0 Å². The molecule has 0 saturated heterocycles. The van der Waals surface area contributed by atoms with Crippen molar-refractivity contribution in [3.8, 4) is 0 Å². The highest BCUT2D eigenvalue weighted by Crippen LogP contribution is 2.33. The third kappa shape index (κ3) is 6.40. The number of esters is 3. The van der Waals surface area contributed by atoms with Crippen molar-refractivity contribution in [1.29, 1.82) is 0 Å². The minimum atomic E-state index is -1.30. The highest BCUT2D eigenvalue weighted by molar-refractivity contribution is 6.10. The van der Waals surface area contributed by atoms with Crippen LogP contribution in [-0.2, 0) is 33.4 Å². The first-order valence-electron chi connectivity index (χ1n) is 10.3. The minimum absolute atomic E-state index is 0.0234. The van der Waals surface area contributed by atoms with Gasteiger partial charge in [0, 0.05) is 17.5 Å². The van der Waals surface area contributed by atoms with Crippen molar-refractivity contribution in [2.45, 2.75) is 60.4 Å². The normalized spacial score (nSPS) is 18.6. The van der Waals surface area contributed by atoms with Crippen LogP contribution in [0.25, 0.3) is 0 Å². The van der Waals surface area contributed by atoms with Crippen molar-refractivity contribution < 1.29 is 33.4 Å². The van der Waals surface area contributed by atoms with Crippen molar-refractivity contribution in [2.75, 3.05) is 19.8 Å². The van der Waals surface area contributed by atoms with Gasteiger partial charge in [-0.2, -0.15) is 0 Å².